The third-order valence-electron chi connectivity index (χ3n) is 2.38. The van der Waals surface area contributed by atoms with Gasteiger partial charge in [-0.1, -0.05) is 30.0 Å². The number of amides is 1. The molecule has 0 saturated carbocycles. The molecule has 1 amide bonds. The zero-order valence-electron chi connectivity index (χ0n) is 10.1. The first-order chi connectivity index (χ1) is 9.56. The molecule has 1 atom stereocenters. The van der Waals surface area contributed by atoms with E-state index in [0.717, 1.165) is 11.8 Å². The van der Waals surface area contributed by atoms with Crippen molar-refractivity contribution < 1.29 is 19.1 Å². The lowest BCUT2D eigenvalue weighted by Gasteiger charge is -2.04. The number of carbonyl (C=O) groups is 2. The van der Waals surface area contributed by atoms with Crippen molar-refractivity contribution in [2.75, 3.05) is 0 Å². The molecule has 1 heterocycles. The van der Waals surface area contributed by atoms with E-state index < -0.39 is 29.4 Å². The first-order valence-electron chi connectivity index (χ1n) is 5.59. The summed E-state index contributed by atoms with van der Waals surface area (Å²) in [4.78, 5) is 21.8. The van der Waals surface area contributed by atoms with Crippen molar-refractivity contribution in [1.82, 2.24) is 5.32 Å². The maximum absolute atomic E-state index is 13.3. The predicted molar refractivity (Wildman–Crippen MR) is 70.6 cm³/mol. The third kappa shape index (κ3) is 3.64. The maximum atomic E-state index is 13.3. The molecule has 104 valence electrons. The van der Waals surface area contributed by atoms with Gasteiger partial charge in [-0.15, -0.1) is 5.10 Å². The van der Waals surface area contributed by atoms with Gasteiger partial charge in [-0.2, -0.15) is 5.10 Å². The average Bonchev–Trinajstić information content (AvgIpc) is 2.72. The predicted octanol–water partition coefficient (Wildman–Crippen LogP) is -0.113. The molecule has 6 nitrogen and oxygen atoms in total. The number of nitrogens with zero attached hydrogens (tertiary/aromatic N) is 2. The topological polar surface area (TPSA) is 93.9 Å². The summed E-state index contributed by atoms with van der Waals surface area (Å²) < 4.78 is 13.3. The van der Waals surface area contributed by atoms with Crippen LogP contribution in [0.4, 0.5) is 4.39 Å². The minimum Gasteiger partial charge on any atom is -0.550 e. The highest BCUT2D eigenvalue weighted by Crippen LogP contribution is 2.21. The Labute approximate surface area is 117 Å². The lowest BCUT2D eigenvalue weighted by atomic mass is 10.2. The van der Waals surface area contributed by atoms with E-state index in [1.807, 2.05) is 0 Å². The van der Waals surface area contributed by atoms with Gasteiger partial charge in [-0.3, -0.25) is 4.79 Å². The van der Waals surface area contributed by atoms with Crippen molar-refractivity contribution in [2.45, 2.75) is 11.7 Å². The summed E-state index contributed by atoms with van der Waals surface area (Å²) in [5, 5.41) is 19.6. The molecule has 0 radical (unpaired) electrons. The number of nitrogens with one attached hydrogen (secondary N) is 1. The molecule has 20 heavy (non-hydrogen) atoms. The fourth-order valence-electron chi connectivity index (χ4n) is 1.46. The molecule has 0 aromatic heterocycles. The van der Waals surface area contributed by atoms with Crippen LogP contribution in [-0.4, -0.2) is 28.5 Å². The number of aliphatic carboxylic acids is 1. The van der Waals surface area contributed by atoms with Crippen LogP contribution < -0.4 is 10.4 Å². The summed E-state index contributed by atoms with van der Waals surface area (Å²) in [7, 11) is 0. The molecule has 1 saturated heterocycles. The molecule has 1 N–H and O–H groups in total. The average molecular weight is 294 g/mol. The standard InChI is InChI=1S/C12H10FN3O3S/c13-8-4-2-1-3-7(8)6-14-16-12-15-11(19)9(20-12)5-10(17)18/h1-4,6,9H,5H2,(H,17,18)(H,15,16,19)/p-1/b14-6+. The largest absolute Gasteiger partial charge is 0.550 e. The van der Waals surface area contributed by atoms with Crippen LogP contribution in [-0.2, 0) is 9.59 Å². The molecule has 1 aromatic rings. The van der Waals surface area contributed by atoms with Crippen LogP contribution in [0.25, 0.3) is 0 Å². The fourth-order valence-corrected chi connectivity index (χ4v) is 2.37. The third-order valence-corrected chi connectivity index (χ3v) is 3.45. The van der Waals surface area contributed by atoms with Crippen molar-refractivity contribution in [3.8, 4) is 0 Å². The van der Waals surface area contributed by atoms with Crippen LogP contribution in [0.1, 0.15) is 12.0 Å². The molecular weight excluding hydrogens is 285 g/mol. The lowest BCUT2D eigenvalue weighted by Crippen LogP contribution is -2.31. The molecule has 2 rings (SSSR count). The second-order valence-electron chi connectivity index (χ2n) is 3.84. The van der Waals surface area contributed by atoms with E-state index in [1.165, 1.54) is 18.3 Å². The molecule has 1 aliphatic heterocycles. The Kier molecular flexibility index (Phi) is 4.46. The van der Waals surface area contributed by atoms with Gasteiger partial charge in [0.2, 0.25) is 5.91 Å². The van der Waals surface area contributed by atoms with Gasteiger partial charge in [-0.05, 0) is 6.07 Å². The zero-order chi connectivity index (χ0) is 14.5. The van der Waals surface area contributed by atoms with Crippen molar-refractivity contribution in [3.63, 3.8) is 0 Å². The van der Waals surface area contributed by atoms with Crippen molar-refractivity contribution >= 4 is 35.0 Å². The van der Waals surface area contributed by atoms with E-state index in [9.17, 15) is 19.1 Å². The molecule has 0 aliphatic carbocycles. The minimum atomic E-state index is -1.31. The van der Waals surface area contributed by atoms with E-state index in [4.69, 9.17) is 0 Å². The number of carbonyl (C=O) groups excluding carboxylic acids is 2. The molecule has 0 bridgehead atoms. The second-order valence-corrected chi connectivity index (χ2v) is 5.03. The molecule has 1 aromatic carbocycles. The van der Waals surface area contributed by atoms with Crippen LogP contribution >= 0.6 is 11.8 Å². The Balaban J connectivity index is 2.01. The minimum absolute atomic E-state index is 0.175. The Bertz CT molecular complexity index is 603. The number of hydrogen-bond acceptors (Lipinski definition) is 6. The zero-order valence-corrected chi connectivity index (χ0v) is 10.9. The summed E-state index contributed by atoms with van der Waals surface area (Å²) in [5.41, 5.74) is 0.262. The summed E-state index contributed by atoms with van der Waals surface area (Å²) in [6.45, 7) is 0. The Morgan fingerprint density at radius 3 is 2.95 bits per heavy atom. The van der Waals surface area contributed by atoms with Crippen LogP contribution in [0.15, 0.2) is 34.5 Å². The normalized spacial score (nSPS) is 20.6. The monoisotopic (exact) mass is 294 g/mol. The molecule has 1 unspecified atom stereocenters. The Morgan fingerprint density at radius 2 is 2.25 bits per heavy atom. The first-order valence-corrected chi connectivity index (χ1v) is 6.47. The van der Waals surface area contributed by atoms with Crippen LogP contribution in [0.5, 0.6) is 0 Å². The number of carboxylic acids is 1. The number of rotatable bonds is 4. The lowest BCUT2D eigenvalue weighted by molar-refractivity contribution is -0.305. The Morgan fingerprint density at radius 1 is 1.50 bits per heavy atom. The number of thioether (sulfide) groups is 1. The van der Waals surface area contributed by atoms with E-state index >= 15 is 0 Å². The van der Waals surface area contributed by atoms with Crippen LogP contribution in [0, 0.1) is 5.82 Å². The van der Waals surface area contributed by atoms with Gasteiger partial charge < -0.3 is 15.2 Å². The van der Waals surface area contributed by atoms with E-state index in [0.29, 0.717) is 0 Å². The highest BCUT2D eigenvalue weighted by atomic mass is 32.2. The summed E-state index contributed by atoms with van der Waals surface area (Å²) in [6.07, 6.45) is 0.813. The smallest absolute Gasteiger partial charge is 0.239 e. The number of benzene rings is 1. The van der Waals surface area contributed by atoms with E-state index in [1.54, 1.807) is 12.1 Å². The van der Waals surface area contributed by atoms with Gasteiger partial charge in [0.15, 0.2) is 5.17 Å². The van der Waals surface area contributed by atoms with Crippen molar-refractivity contribution in [2.24, 2.45) is 10.2 Å². The SMILES string of the molecule is O=C([O-])CC1S/C(=N/N=C/c2ccccc2F)NC1=O. The van der Waals surface area contributed by atoms with Crippen molar-refractivity contribution in [3.05, 3.63) is 35.6 Å². The van der Waals surface area contributed by atoms with Gasteiger partial charge in [0.25, 0.3) is 0 Å². The summed E-state index contributed by atoms with van der Waals surface area (Å²) >= 11 is 0.947. The van der Waals surface area contributed by atoms with Gasteiger partial charge >= 0.3 is 0 Å². The highest BCUT2D eigenvalue weighted by molar-refractivity contribution is 8.15. The van der Waals surface area contributed by atoms with Gasteiger partial charge in [0.05, 0.1) is 11.5 Å². The second kappa shape index (κ2) is 6.29. The number of amidine groups is 1. The number of halogens is 1. The molecule has 0 spiro atoms. The van der Waals surface area contributed by atoms with E-state index in [2.05, 4.69) is 15.5 Å². The van der Waals surface area contributed by atoms with Crippen LogP contribution in [0.2, 0.25) is 0 Å². The van der Waals surface area contributed by atoms with Gasteiger partial charge in [0, 0.05) is 18.0 Å². The fraction of sp³-hybridized carbons (Fsp3) is 0.167. The van der Waals surface area contributed by atoms with Crippen LogP contribution in [0.3, 0.4) is 0 Å². The number of carboxylic acid groups (broad SMARTS) is 1. The highest BCUT2D eigenvalue weighted by Gasteiger charge is 2.30. The van der Waals surface area contributed by atoms with Crippen molar-refractivity contribution in [1.29, 1.82) is 0 Å². The maximum Gasteiger partial charge on any atom is 0.239 e. The van der Waals surface area contributed by atoms with E-state index in [-0.39, 0.29) is 10.7 Å². The molecule has 1 aliphatic rings. The molecular formula is C12H9FN3O3S-. The number of hydrogen-bond donors (Lipinski definition) is 1. The quantitative estimate of drug-likeness (QED) is 0.619. The Hall–Kier alpha value is -2.22. The molecule has 8 heteroatoms. The molecule has 1 fully saturated rings. The summed E-state index contributed by atoms with van der Waals surface area (Å²) in [5.74, 6) is -2.21. The first kappa shape index (κ1) is 14.2. The van der Waals surface area contributed by atoms with Gasteiger partial charge in [0.1, 0.15) is 5.82 Å². The van der Waals surface area contributed by atoms with Gasteiger partial charge in [-0.25, -0.2) is 4.39 Å². The summed E-state index contributed by atoms with van der Waals surface area (Å²) in [6, 6.07) is 6.02.